The number of fused-ring (bicyclic) bond motifs is 1. The number of hydrogen-bond acceptors (Lipinski definition) is 2. The molecule has 1 aromatic carbocycles. The van der Waals surface area contributed by atoms with E-state index in [2.05, 4.69) is 10.4 Å². The monoisotopic (exact) mass is 237 g/mol. The van der Waals surface area contributed by atoms with Gasteiger partial charge >= 0.3 is 0 Å². The summed E-state index contributed by atoms with van der Waals surface area (Å²) < 4.78 is 1.68. The number of pyridine rings is 1. The predicted molar refractivity (Wildman–Crippen MR) is 69.9 cm³/mol. The van der Waals surface area contributed by atoms with Crippen molar-refractivity contribution in [3.63, 3.8) is 0 Å². The Morgan fingerprint density at radius 2 is 1.89 bits per heavy atom. The fraction of sp³-hybridized carbons (Fsp3) is 0. The maximum Gasteiger partial charge on any atom is 0.270 e. The topological polar surface area (TPSA) is 46.9 Å². The highest BCUT2D eigenvalue weighted by Gasteiger charge is 2.06. The molecule has 1 N–H and O–H groups in total. The molecule has 0 saturated heterocycles. The SMILES string of the molecule is O=C(Nn1ccc2ncccc21)c1ccccc1. The standard InChI is InChI=1S/C14H11N3O/c18-14(11-5-2-1-3-6-11)16-17-10-8-12-13(17)7-4-9-15-12/h1-10H,(H,16,18). The Morgan fingerprint density at radius 1 is 1.06 bits per heavy atom. The second kappa shape index (κ2) is 4.33. The summed E-state index contributed by atoms with van der Waals surface area (Å²) in [5, 5.41) is 0. The molecule has 0 bridgehead atoms. The van der Waals surface area contributed by atoms with E-state index < -0.39 is 0 Å². The second-order valence-corrected chi connectivity index (χ2v) is 3.90. The highest BCUT2D eigenvalue weighted by atomic mass is 16.2. The molecule has 2 heterocycles. The Kier molecular flexibility index (Phi) is 2.53. The molecule has 18 heavy (non-hydrogen) atoms. The minimum absolute atomic E-state index is 0.142. The quantitative estimate of drug-likeness (QED) is 0.744. The third kappa shape index (κ3) is 1.84. The lowest BCUT2D eigenvalue weighted by Crippen LogP contribution is -2.21. The molecule has 0 saturated carbocycles. The number of benzene rings is 1. The molecule has 4 heteroatoms. The van der Waals surface area contributed by atoms with Crippen molar-refractivity contribution in [3.8, 4) is 0 Å². The van der Waals surface area contributed by atoms with E-state index in [4.69, 9.17) is 0 Å². The Labute approximate surface area is 104 Å². The zero-order valence-electron chi connectivity index (χ0n) is 9.58. The van der Waals surface area contributed by atoms with Crippen LogP contribution in [-0.2, 0) is 0 Å². The first-order chi connectivity index (χ1) is 8.84. The van der Waals surface area contributed by atoms with Gasteiger partial charge in [0.1, 0.15) is 0 Å². The number of hydrogen-bond donors (Lipinski definition) is 1. The third-order valence-corrected chi connectivity index (χ3v) is 2.72. The largest absolute Gasteiger partial charge is 0.270 e. The van der Waals surface area contributed by atoms with Crippen LogP contribution in [0.3, 0.4) is 0 Å². The van der Waals surface area contributed by atoms with Gasteiger partial charge in [-0.3, -0.25) is 19.9 Å². The average Bonchev–Trinajstić information content (AvgIpc) is 2.83. The molecular formula is C14H11N3O. The van der Waals surface area contributed by atoms with Gasteiger partial charge in [-0.15, -0.1) is 0 Å². The van der Waals surface area contributed by atoms with Crippen LogP contribution in [0.15, 0.2) is 60.9 Å². The summed E-state index contributed by atoms with van der Waals surface area (Å²) in [4.78, 5) is 16.2. The maximum atomic E-state index is 12.0. The summed E-state index contributed by atoms with van der Waals surface area (Å²) in [5.41, 5.74) is 5.18. The molecule has 3 aromatic rings. The Balaban J connectivity index is 1.91. The first-order valence-electron chi connectivity index (χ1n) is 5.63. The van der Waals surface area contributed by atoms with E-state index in [-0.39, 0.29) is 5.91 Å². The average molecular weight is 237 g/mol. The van der Waals surface area contributed by atoms with Crippen molar-refractivity contribution < 1.29 is 4.79 Å². The first-order valence-corrected chi connectivity index (χ1v) is 5.63. The fourth-order valence-electron chi connectivity index (χ4n) is 1.83. The molecule has 0 fully saturated rings. The molecule has 0 unspecified atom stereocenters. The molecule has 1 amide bonds. The molecular weight excluding hydrogens is 226 g/mol. The van der Waals surface area contributed by atoms with E-state index in [9.17, 15) is 4.79 Å². The summed E-state index contributed by atoms with van der Waals surface area (Å²) in [7, 11) is 0. The highest BCUT2D eigenvalue weighted by molar-refractivity contribution is 6.00. The van der Waals surface area contributed by atoms with Gasteiger partial charge in [-0.25, -0.2) is 0 Å². The molecule has 0 radical (unpaired) electrons. The summed E-state index contributed by atoms with van der Waals surface area (Å²) in [6, 6.07) is 14.7. The molecule has 4 nitrogen and oxygen atoms in total. The van der Waals surface area contributed by atoms with E-state index in [0.717, 1.165) is 11.0 Å². The Bertz CT molecular complexity index is 688. The lowest BCUT2D eigenvalue weighted by molar-refractivity contribution is 0.101. The molecule has 3 rings (SSSR count). The van der Waals surface area contributed by atoms with Gasteiger partial charge in [0.2, 0.25) is 0 Å². The smallest absolute Gasteiger partial charge is 0.267 e. The molecule has 0 aliphatic heterocycles. The molecule has 0 spiro atoms. The number of aromatic nitrogens is 2. The van der Waals surface area contributed by atoms with Crippen LogP contribution in [0, 0.1) is 0 Å². The molecule has 2 aromatic heterocycles. The second-order valence-electron chi connectivity index (χ2n) is 3.90. The van der Waals surface area contributed by atoms with Gasteiger partial charge < -0.3 is 0 Å². The zero-order chi connectivity index (χ0) is 12.4. The van der Waals surface area contributed by atoms with Crippen LogP contribution < -0.4 is 5.43 Å². The maximum absolute atomic E-state index is 12.0. The molecule has 0 aliphatic rings. The minimum Gasteiger partial charge on any atom is -0.267 e. The lowest BCUT2D eigenvalue weighted by atomic mass is 10.2. The number of amides is 1. The fourth-order valence-corrected chi connectivity index (χ4v) is 1.83. The van der Waals surface area contributed by atoms with Gasteiger partial charge in [-0.2, -0.15) is 0 Å². The number of nitrogens with one attached hydrogen (secondary N) is 1. The molecule has 88 valence electrons. The van der Waals surface area contributed by atoms with Gasteiger partial charge in [0, 0.05) is 18.0 Å². The van der Waals surface area contributed by atoms with Crippen LogP contribution >= 0.6 is 0 Å². The highest BCUT2D eigenvalue weighted by Crippen LogP contribution is 2.11. The third-order valence-electron chi connectivity index (χ3n) is 2.72. The van der Waals surface area contributed by atoms with Crippen LogP contribution in [0.5, 0.6) is 0 Å². The molecule has 0 aliphatic carbocycles. The van der Waals surface area contributed by atoms with E-state index in [0.29, 0.717) is 5.56 Å². The van der Waals surface area contributed by atoms with Crippen molar-refractivity contribution in [2.75, 3.05) is 5.43 Å². The van der Waals surface area contributed by atoms with E-state index in [1.54, 1.807) is 29.2 Å². The summed E-state index contributed by atoms with van der Waals surface area (Å²) >= 11 is 0. The van der Waals surface area contributed by atoms with Gasteiger partial charge in [-0.05, 0) is 30.3 Å². The summed E-state index contributed by atoms with van der Waals surface area (Å²) in [6.45, 7) is 0. The summed E-state index contributed by atoms with van der Waals surface area (Å²) in [5.74, 6) is -0.142. The Hall–Kier alpha value is -2.62. The Morgan fingerprint density at radius 3 is 2.72 bits per heavy atom. The number of nitrogens with zero attached hydrogens (tertiary/aromatic N) is 2. The van der Waals surface area contributed by atoms with Crippen LogP contribution in [0.4, 0.5) is 0 Å². The van der Waals surface area contributed by atoms with Crippen LogP contribution in [0.25, 0.3) is 11.0 Å². The normalized spacial score (nSPS) is 10.4. The minimum atomic E-state index is -0.142. The van der Waals surface area contributed by atoms with Gasteiger partial charge in [0.15, 0.2) is 0 Å². The lowest BCUT2D eigenvalue weighted by Gasteiger charge is -2.07. The van der Waals surface area contributed by atoms with Crippen molar-refractivity contribution in [1.82, 2.24) is 9.66 Å². The molecule has 0 atom stereocenters. The van der Waals surface area contributed by atoms with Gasteiger partial charge in [-0.1, -0.05) is 18.2 Å². The predicted octanol–water partition coefficient (Wildman–Crippen LogP) is 2.42. The number of rotatable bonds is 2. The van der Waals surface area contributed by atoms with E-state index in [1.165, 1.54) is 0 Å². The summed E-state index contributed by atoms with van der Waals surface area (Å²) in [6.07, 6.45) is 3.52. The van der Waals surface area contributed by atoms with Gasteiger partial charge in [0.25, 0.3) is 5.91 Å². The van der Waals surface area contributed by atoms with Crippen LogP contribution in [-0.4, -0.2) is 15.6 Å². The van der Waals surface area contributed by atoms with Crippen molar-refractivity contribution in [1.29, 1.82) is 0 Å². The first kappa shape index (κ1) is 10.5. The van der Waals surface area contributed by atoms with E-state index >= 15 is 0 Å². The van der Waals surface area contributed by atoms with Crippen LogP contribution in [0.1, 0.15) is 10.4 Å². The van der Waals surface area contributed by atoms with E-state index in [1.807, 2.05) is 36.4 Å². The zero-order valence-corrected chi connectivity index (χ0v) is 9.58. The van der Waals surface area contributed by atoms with Gasteiger partial charge in [0.05, 0.1) is 11.0 Å². The van der Waals surface area contributed by atoms with Crippen molar-refractivity contribution in [3.05, 3.63) is 66.5 Å². The number of carbonyl (C=O) groups excluding carboxylic acids is 1. The van der Waals surface area contributed by atoms with Crippen molar-refractivity contribution >= 4 is 16.9 Å². The number of carbonyl (C=O) groups is 1. The van der Waals surface area contributed by atoms with Crippen LogP contribution in [0.2, 0.25) is 0 Å². The van der Waals surface area contributed by atoms with Crippen molar-refractivity contribution in [2.45, 2.75) is 0 Å². The van der Waals surface area contributed by atoms with Crippen molar-refractivity contribution in [2.24, 2.45) is 0 Å².